The van der Waals surface area contributed by atoms with E-state index < -0.39 is 29.4 Å². The van der Waals surface area contributed by atoms with E-state index in [1.807, 2.05) is 48.5 Å². The van der Waals surface area contributed by atoms with E-state index in [4.69, 9.17) is 23.2 Å². The van der Waals surface area contributed by atoms with Crippen LogP contribution in [0.5, 0.6) is 0 Å². The molecule has 1 aliphatic rings. The minimum atomic E-state index is -0.924. The van der Waals surface area contributed by atoms with Gasteiger partial charge < -0.3 is 4.84 Å². The maximum Gasteiger partial charge on any atom is 0.329 e. The molecular formula is C26H22Cl2F2N2O3. The Morgan fingerprint density at radius 1 is 0.886 bits per heavy atom. The standard InChI is InChI=1S/C26H22Cl2F2N2O3/c1-15(33)35-31-26(34)24(18-10-22(29)12-23(30)11-18)19-13-32(14-19)25(16-2-6-20(27)7-3-16)17-4-8-21(28)9-5-17/h2-12,19,24-25H,13-14H2,1H3,(H,31,34). The molecule has 1 fully saturated rings. The van der Waals surface area contributed by atoms with Crippen molar-refractivity contribution in [3.05, 3.63) is 105 Å². The second-order valence-corrected chi connectivity index (χ2v) is 9.33. The predicted molar refractivity (Wildman–Crippen MR) is 129 cm³/mol. The lowest BCUT2D eigenvalue weighted by atomic mass is 9.78. The van der Waals surface area contributed by atoms with Crippen molar-refractivity contribution in [2.75, 3.05) is 13.1 Å². The van der Waals surface area contributed by atoms with E-state index in [2.05, 4.69) is 15.2 Å². The highest BCUT2D eigenvalue weighted by atomic mass is 35.5. The number of carbonyl (C=O) groups excluding carboxylic acids is 2. The number of halogens is 4. The van der Waals surface area contributed by atoms with Gasteiger partial charge in [0.25, 0.3) is 5.91 Å². The molecule has 1 saturated heterocycles. The maximum absolute atomic E-state index is 14.0. The third-order valence-electron chi connectivity index (χ3n) is 5.97. The zero-order valence-corrected chi connectivity index (χ0v) is 20.2. The highest BCUT2D eigenvalue weighted by Gasteiger charge is 2.42. The highest BCUT2D eigenvalue weighted by Crippen LogP contribution is 2.40. The number of nitrogens with one attached hydrogen (secondary N) is 1. The number of carbonyl (C=O) groups is 2. The lowest BCUT2D eigenvalue weighted by Gasteiger charge is -2.47. The summed E-state index contributed by atoms with van der Waals surface area (Å²) in [5, 5.41) is 1.22. The summed E-state index contributed by atoms with van der Waals surface area (Å²) < 4.78 is 27.9. The van der Waals surface area contributed by atoms with Crippen molar-refractivity contribution in [3.8, 4) is 0 Å². The first-order valence-electron chi connectivity index (χ1n) is 10.9. The number of likely N-dealkylation sites (tertiary alicyclic amines) is 1. The van der Waals surface area contributed by atoms with Crippen molar-refractivity contribution in [1.82, 2.24) is 10.4 Å². The quantitative estimate of drug-likeness (QED) is 0.427. The van der Waals surface area contributed by atoms with Gasteiger partial charge in [-0.3, -0.25) is 14.5 Å². The van der Waals surface area contributed by atoms with E-state index in [1.54, 1.807) is 0 Å². The van der Waals surface area contributed by atoms with Crippen molar-refractivity contribution < 1.29 is 23.2 Å². The van der Waals surface area contributed by atoms with E-state index >= 15 is 0 Å². The Kier molecular flexibility index (Phi) is 7.69. The Bertz CT molecular complexity index is 1150. The first-order valence-corrected chi connectivity index (χ1v) is 11.6. The first-order chi connectivity index (χ1) is 16.7. The smallest absolute Gasteiger partial charge is 0.329 e. The third kappa shape index (κ3) is 5.99. The molecular weight excluding hydrogens is 497 g/mol. The van der Waals surface area contributed by atoms with Gasteiger partial charge in [0.2, 0.25) is 0 Å². The van der Waals surface area contributed by atoms with E-state index in [1.165, 1.54) is 0 Å². The molecule has 4 rings (SSSR count). The van der Waals surface area contributed by atoms with Crippen LogP contribution in [0.4, 0.5) is 8.78 Å². The molecule has 182 valence electrons. The molecule has 0 spiro atoms. The van der Waals surface area contributed by atoms with Crippen LogP contribution in [0.25, 0.3) is 0 Å². The van der Waals surface area contributed by atoms with Gasteiger partial charge >= 0.3 is 5.97 Å². The number of nitrogens with zero attached hydrogens (tertiary/aromatic N) is 1. The maximum atomic E-state index is 14.0. The fraction of sp³-hybridized carbons (Fsp3) is 0.231. The van der Waals surface area contributed by atoms with Gasteiger partial charge in [0.05, 0.1) is 12.0 Å². The van der Waals surface area contributed by atoms with Crippen LogP contribution >= 0.6 is 23.2 Å². The van der Waals surface area contributed by atoms with Gasteiger partial charge in [-0.15, -0.1) is 0 Å². The Morgan fingerprint density at radius 2 is 1.37 bits per heavy atom. The van der Waals surface area contributed by atoms with Crippen LogP contribution in [-0.4, -0.2) is 29.9 Å². The van der Waals surface area contributed by atoms with Crippen molar-refractivity contribution in [2.45, 2.75) is 18.9 Å². The SMILES string of the molecule is CC(=O)ONC(=O)C(c1cc(F)cc(F)c1)C1CN(C(c2ccc(Cl)cc2)c2ccc(Cl)cc2)C1. The van der Waals surface area contributed by atoms with Gasteiger partial charge in [-0.1, -0.05) is 47.5 Å². The molecule has 3 aromatic carbocycles. The van der Waals surface area contributed by atoms with Crippen molar-refractivity contribution in [2.24, 2.45) is 5.92 Å². The monoisotopic (exact) mass is 518 g/mol. The molecule has 5 nitrogen and oxygen atoms in total. The number of benzene rings is 3. The number of rotatable bonds is 6. The van der Waals surface area contributed by atoms with Gasteiger partial charge in [-0.2, -0.15) is 5.48 Å². The van der Waals surface area contributed by atoms with Crippen molar-refractivity contribution >= 4 is 35.1 Å². The molecule has 1 N–H and O–H groups in total. The van der Waals surface area contributed by atoms with E-state index in [-0.39, 0.29) is 17.5 Å². The summed E-state index contributed by atoms with van der Waals surface area (Å²) in [7, 11) is 0. The van der Waals surface area contributed by atoms with Gasteiger partial charge in [-0.25, -0.2) is 8.78 Å². The Hall–Kier alpha value is -3.00. The summed E-state index contributed by atoms with van der Waals surface area (Å²) in [5.41, 5.74) is 4.27. The fourth-order valence-electron chi connectivity index (χ4n) is 4.45. The largest absolute Gasteiger partial charge is 0.341 e. The van der Waals surface area contributed by atoms with Gasteiger partial charge in [0.1, 0.15) is 11.6 Å². The predicted octanol–water partition coefficient (Wildman–Crippen LogP) is 5.67. The minimum absolute atomic E-state index is 0.151. The topological polar surface area (TPSA) is 58.6 Å². The van der Waals surface area contributed by atoms with Crippen LogP contribution in [-0.2, 0) is 14.4 Å². The third-order valence-corrected chi connectivity index (χ3v) is 6.47. The molecule has 0 radical (unpaired) electrons. The van der Waals surface area contributed by atoms with Crippen LogP contribution in [0.15, 0.2) is 66.7 Å². The summed E-state index contributed by atoms with van der Waals surface area (Å²) >= 11 is 12.2. The van der Waals surface area contributed by atoms with Crippen LogP contribution < -0.4 is 5.48 Å². The van der Waals surface area contributed by atoms with E-state index in [0.29, 0.717) is 23.1 Å². The average Bonchev–Trinajstić information content (AvgIpc) is 2.77. The van der Waals surface area contributed by atoms with Gasteiger partial charge in [0, 0.05) is 42.0 Å². The zero-order valence-electron chi connectivity index (χ0n) is 18.7. The molecule has 0 aromatic heterocycles. The van der Waals surface area contributed by atoms with E-state index in [9.17, 15) is 18.4 Å². The second kappa shape index (κ2) is 10.7. The molecule has 35 heavy (non-hydrogen) atoms. The molecule has 1 unspecified atom stereocenters. The summed E-state index contributed by atoms with van der Waals surface area (Å²) in [6, 6.07) is 17.8. The van der Waals surface area contributed by atoms with Crippen LogP contribution in [0.2, 0.25) is 10.0 Å². The number of hydrogen-bond donors (Lipinski definition) is 1. The molecule has 3 aromatic rings. The highest BCUT2D eigenvalue weighted by molar-refractivity contribution is 6.30. The summed E-state index contributed by atoms with van der Waals surface area (Å²) in [6.07, 6.45) is 0. The number of amides is 1. The number of hydrogen-bond acceptors (Lipinski definition) is 4. The van der Waals surface area contributed by atoms with Crippen molar-refractivity contribution in [3.63, 3.8) is 0 Å². The molecule has 0 saturated carbocycles. The minimum Gasteiger partial charge on any atom is -0.341 e. The molecule has 1 heterocycles. The molecule has 9 heteroatoms. The van der Waals surface area contributed by atoms with Crippen molar-refractivity contribution in [1.29, 1.82) is 0 Å². The Morgan fingerprint density at radius 3 is 1.83 bits per heavy atom. The zero-order chi connectivity index (χ0) is 25.1. The fourth-order valence-corrected chi connectivity index (χ4v) is 4.70. The Labute approximate surface area is 211 Å². The van der Waals surface area contributed by atoms with Crippen LogP contribution in [0, 0.1) is 17.6 Å². The van der Waals surface area contributed by atoms with Crippen LogP contribution in [0.1, 0.15) is 35.6 Å². The second-order valence-electron chi connectivity index (χ2n) is 8.46. The number of hydroxylamine groups is 1. The summed E-state index contributed by atoms with van der Waals surface area (Å²) in [6.45, 7) is 2.05. The molecule has 1 amide bonds. The Balaban J connectivity index is 1.62. The molecule has 0 aliphatic carbocycles. The summed E-state index contributed by atoms with van der Waals surface area (Å²) in [4.78, 5) is 30.9. The van der Waals surface area contributed by atoms with Gasteiger partial charge in [0.15, 0.2) is 0 Å². The molecule has 1 aliphatic heterocycles. The molecule has 1 atom stereocenters. The lowest BCUT2D eigenvalue weighted by molar-refractivity contribution is -0.158. The lowest BCUT2D eigenvalue weighted by Crippen LogP contribution is -2.53. The normalized spacial score (nSPS) is 14.9. The van der Waals surface area contributed by atoms with E-state index in [0.717, 1.165) is 36.2 Å². The average molecular weight is 519 g/mol. The first kappa shape index (κ1) is 25.1. The van der Waals surface area contributed by atoms with Crippen LogP contribution in [0.3, 0.4) is 0 Å². The van der Waals surface area contributed by atoms with Gasteiger partial charge in [-0.05, 0) is 53.1 Å². The summed E-state index contributed by atoms with van der Waals surface area (Å²) in [5.74, 6) is -4.14. The molecule has 0 bridgehead atoms.